The van der Waals surface area contributed by atoms with E-state index in [1.54, 1.807) is 0 Å². The van der Waals surface area contributed by atoms with E-state index >= 15 is 0 Å². The molecule has 0 spiro atoms. The molecule has 0 aromatic carbocycles. The van der Waals surface area contributed by atoms with Gasteiger partial charge >= 0.3 is 0 Å². The lowest BCUT2D eigenvalue weighted by atomic mass is 9.77. The van der Waals surface area contributed by atoms with E-state index in [1.165, 1.54) is 36.8 Å². The normalized spacial score (nSPS) is 29.8. The molecular weight excluding hydrogens is 144 g/mol. The van der Waals surface area contributed by atoms with Gasteiger partial charge in [-0.05, 0) is 51.4 Å². The number of allylic oxidation sites excluding steroid dienone is 2. The van der Waals surface area contributed by atoms with Gasteiger partial charge in [0.25, 0.3) is 0 Å². The summed E-state index contributed by atoms with van der Waals surface area (Å²) >= 11 is 0. The van der Waals surface area contributed by atoms with Crippen molar-refractivity contribution in [3.63, 3.8) is 0 Å². The van der Waals surface area contributed by atoms with Gasteiger partial charge in [-0.2, -0.15) is 0 Å². The fraction of sp³-hybridized carbons (Fsp3) is 0.667. The van der Waals surface area contributed by atoms with Crippen molar-refractivity contribution in [1.82, 2.24) is 0 Å². The van der Waals surface area contributed by atoms with Crippen LogP contribution in [0.4, 0.5) is 0 Å². The van der Waals surface area contributed by atoms with Crippen LogP contribution in [0.1, 0.15) is 39.5 Å². The van der Waals surface area contributed by atoms with Crippen LogP contribution in [-0.2, 0) is 0 Å². The lowest BCUT2D eigenvalue weighted by Gasteiger charge is -2.28. The first-order valence-electron chi connectivity index (χ1n) is 4.92. The quantitative estimate of drug-likeness (QED) is 0.542. The highest BCUT2D eigenvalue weighted by Gasteiger charge is 2.21. The van der Waals surface area contributed by atoms with Crippen LogP contribution >= 0.6 is 0 Å². The summed E-state index contributed by atoms with van der Waals surface area (Å²) in [6.45, 7) is 12.4. The van der Waals surface area contributed by atoms with E-state index in [-0.39, 0.29) is 0 Å². The summed E-state index contributed by atoms with van der Waals surface area (Å²) in [4.78, 5) is 0. The van der Waals surface area contributed by atoms with Crippen molar-refractivity contribution >= 4 is 0 Å². The Bertz CT molecular complexity index is 158. The van der Waals surface area contributed by atoms with Gasteiger partial charge in [-0.3, -0.25) is 0 Å². The monoisotopic (exact) mass is 164 g/mol. The highest BCUT2D eigenvalue weighted by Crippen LogP contribution is 2.35. The minimum atomic E-state index is 0.792. The summed E-state index contributed by atoms with van der Waals surface area (Å²) in [5.41, 5.74) is 2.74. The predicted octanol–water partition coefficient (Wildman–Crippen LogP) is 3.95. The van der Waals surface area contributed by atoms with Crippen LogP contribution in [0.5, 0.6) is 0 Å². The molecule has 1 fully saturated rings. The first kappa shape index (κ1) is 9.57. The van der Waals surface area contributed by atoms with E-state index in [9.17, 15) is 0 Å². The van der Waals surface area contributed by atoms with Gasteiger partial charge in [0.1, 0.15) is 0 Å². The molecule has 0 N–H and O–H groups in total. The van der Waals surface area contributed by atoms with Crippen molar-refractivity contribution < 1.29 is 0 Å². The van der Waals surface area contributed by atoms with Crippen LogP contribution in [0.15, 0.2) is 24.3 Å². The average Bonchev–Trinajstić information content (AvgIpc) is 2.04. The van der Waals surface area contributed by atoms with Crippen LogP contribution in [0.2, 0.25) is 0 Å². The molecule has 0 aromatic heterocycles. The Morgan fingerprint density at radius 1 is 0.833 bits per heavy atom. The molecule has 0 bridgehead atoms. The third kappa shape index (κ3) is 2.23. The van der Waals surface area contributed by atoms with Crippen molar-refractivity contribution in [2.75, 3.05) is 0 Å². The van der Waals surface area contributed by atoms with Crippen LogP contribution in [0, 0.1) is 11.8 Å². The maximum Gasteiger partial charge on any atom is -0.0208 e. The van der Waals surface area contributed by atoms with Crippen LogP contribution in [-0.4, -0.2) is 0 Å². The zero-order valence-electron chi connectivity index (χ0n) is 8.40. The second-order valence-electron chi connectivity index (χ2n) is 4.24. The summed E-state index contributed by atoms with van der Waals surface area (Å²) in [7, 11) is 0. The Kier molecular flexibility index (Phi) is 3.13. The van der Waals surface area contributed by atoms with E-state index < -0.39 is 0 Å². The maximum absolute atomic E-state index is 4.03. The van der Waals surface area contributed by atoms with Gasteiger partial charge in [-0.25, -0.2) is 0 Å². The Labute approximate surface area is 76.4 Å². The standard InChI is InChI=1S/C12H20/c1-9(2)11-5-7-12(8-6-11)10(3)4/h11-12H,1,3,5-8H2,2,4H3. The molecule has 0 atom stereocenters. The fourth-order valence-corrected chi connectivity index (χ4v) is 2.08. The molecule has 1 rings (SSSR count). The van der Waals surface area contributed by atoms with Gasteiger partial charge in [0.05, 0.1) is 0 Å². The van der Waals surface area contributed by atoms with Crippen LogP contribution in [0.25, 0.3) is 0 Å². The smallest absolute Gasteiger partial charge is 0.0208 e. The van der Waals surface area contributed by atoms with Crippen LogP contribution in [0.3, 0.4) is 0 Å². The molecule has 0 aromatic rings. The molecule has 0 radical (unpaired) electrons. The van der Waals surface area contributed by atoms with Crippen molar-refractivity contribution in [1.29, 1.82) is 0 Å². The summed E-state index contributed by atoms with van der Waals surface area (Å²) in [5.74, 6) is 1.58. The summed E-state index contributed by atoms with van der Waals surface area (Å²) in [6.07, 6.45) is 5.30. The molecule has 1 aliphatic rings. The topological polar surface area (TPSA) is 0 Å². The highest BCUT2D eigenvalue weighted by molar-refractivity contribution is 5.03. The molecule has 1 saturated carbocycles. The molecule has 1 aliphatic carbocycles. The zero-order chi connectivity index (χ0) is 9.14. The number of hydrogen-bond donors (Lipinski definition) is 0. The SMILES string of the molecule is C=C(C)C1CCC(C(=C)C)CC1. The molecule has 0 aliphatic heterocycles. The number of hydrogen-bond acceptors (Lipinski definition) is 0. The summed E-state index contributed by atoms with van der Waals surface area (Å²) < 4.78 is 0. The van der Waals surface area contributed by atoms with E-state index in [2.05, 4.69) is 27.0 Å². The summed E-state index contributed by atoms with van der Waals surface area (Å²) in [5, 5.41) is 0. The minimum absolute atomic E-state index is 0.792. The lowest BCUT2D eigenvalue weighted by Crippen LogP contribution is -2.15. The van der Waals surface area contributed by atoms with Crippen molar-refractivity contribution in [2.24, 2.45) is 11.8 Å². The van der Waals surface area contributed by atoms with Gasteiger partial charge in [-0.15, -0.1) is 0 Å². The van der Waals surface area contributed by atoms with Gasteiger partial charge < -0.3 is 0 Å². The van der Waals surface area contributed by atoms with Gasteiger partial charge in [-0.1, -0.05) is 24.3 Å². The molecule has 0 heteroatoms. The highest BCUT2D eigenvalue weighted by atomic mass is 14.3. The Hall–Kier alpha value is -0.520. The second-order valence-corrected chi connectivity index (χ2v) is 4.24. The van der Waals surface area contributed by atoms with E-state index in [0.717, 1.165) is 11.8 Å². The zero-order valence-corrected chi connectivity index (χ0v) is 8.40. The molecule has 12 heavy (non-hydrogen) atoms. The van der Waals surface area contributed by atoms with Gasteiger partial charge in [0.15, 0.2) is 0 Å². The summed E-state index contributed by atoms with van der Waals surface area (Å²) in [6, 6.07) is 0. The fourth-order valence-electron chi connectivity index (χ4n) is 2.08. The third-order valence-electron chi connectivity index (χ3n) is 3.12. The predicted molar refractivity (Wildman–Crippen MR) is 55.1 cm³/mol. The average molecular weight is 164 g/mol. The van der Waals surface area contributed by atoms with E-state index in [1.807, 2.05) is 0 Å². The molecular formula is C12H20. The lowest BCUT2D eigenvalue weighted by molar-refractivity contribution is 0.334. The van der Waals surface area contributed by atoms with Crippen molar-refractivity contribution in [2.45, 2.75) is 39.5 Å². The Morgan fingerprint density at radius 2 is 1.08 bits per heavy atom. The van der Waals surface area contributed by atoms with Gasteiger partial charge in [0, 0.05) is 0 Å². The molecule has 0 heterocycles. The van der Waals surface area contributed by atoms with Crippen molar-refractivity contribution in [3.05, 3.63) is 24.3 Å². The first-order valence-corrected chi connectivity index (χ1v) is 4.92. The molecule has 0 amide bonds. The van der Waals surface area contributed by atoms with Crippen LogP contribution < -0.4 is 0 Å². The Balaban J connectivity index is 2.39. The van der Waals surface area contributed by atoms with E-state index in [4.69, 9.17) is 0 Å². The van der Waals surface area contributed by atoms with Gasteiger partial charge in [0.2, 0.25) is 0 Å². The Morgan fingerprint density at radius 3 is 1.25 bits per heavy atom. The van der Waals surface area contributed by atoms with E-state index in [0.29, 0.717) is 0 Å². The number of rotatable bonds is 2. The molecule has 0 nitrogen and oxygen atoms in total. The molecule has 0 saturated heterocycles. The maximum atomic E-state index is 4.03. The second kappa shape index (κ2) is 3.93. The molecule has 68 valence electrons. The third-order valence-corrected chi connectivity index (χ3v) is 3.12. The largest absolute Gasteiger partial charge is 0.0999 e. The molecule has 0 unspecified atom stereocenters. The minimum Gasteiger partial charge on any atom is -0.0999 e. The van der Waals surface area contributed by atoms with Crippen molar-refractivity contribution in [3.8, 4) is 0 Å². The first-order chi connectivity index (χ1) is 5.61.